The minimum atomic E-state index is -3.80. The molecule has 1 N–H and O–H groups in total. The first-order chi connectivity index (χ1) is 11.5. The van der Waals surface area contributed by atoms with Gasteiger partial charge in [0.05, 0.1) is 5.30 Å². The first-order valence-corrected chi connectivity index (χ1v) is 9.42. The molecule has 0 aliphatic rings. The largest absolute Gasteiger partial charge is 0.328 e. The van der Waals surface area contributed by atoms with Gasteiger partial charge in [0.15, 0.2) is 0 Å². The lowest BCUT2D eigenvalue weighted by Gasteiger charge is -2.30. The minimum Gasteiger partial charge on any atom is -0.326 e. The molecular weight excluding hydrogens is 317 g/mol. The van der Waals surface area contributed by atoms with E-state index < -0.39 is 7.52 Å². The molecule has 0 amide bonds. The Morgan fingerprint density at radius 1 is 0.708 bits per heavy atom. The Hall–Kier alpha value is -2.35. The van der Waals surface area contributed by atoms with Gasteiger partial charge >= 0.3 is 7.52 Å². The van der Waals surface area contributed by atoms with Gasteiger partial charge in [-0.05, 0) is 50.2 Å². The van der Waals surface area contributed by atoms with E-state index in [0.717, 1.165) is 11.1 Å². The highest BCUT2D eigenvalue weighted by Crippen LogP contribution is 2.52. The van der Waals surface area contributed by atoms with Crippen LogP contribution in [0.3, 0.4) is 0 Å². The van der Waals surface area contributed by atoms with Crippen LogP contribution in [0.25, 0.3) is 0 Å². The van der Waals surface area contributed by atoms with Gasteiger partial charge in [0, 0.05) is 11.4 Å². The summed E-state index contributed by atoms with van der Waals surface area (Å²) in [6.45, 7) is 3.99. The van der Waals surface area contributed by atoms with Crippen LogP contribution in [0.5, 0.6) is 0 Å². The molecule has 24 heavy (non-hydrogen) atoms. The summed E-state index contributed by atoms with van der Waals surface area (Å²) >= 11 is 0. The van der Waals surface area contributed by atoms with E-state index in [0.29, 0.717) is 16.7 Å². The molecular formula is C20H20NO2P. The molecule has 3 nitrogen and oxygen atoms in total. The van der Waals surface area contributed by atoms with E-state index in [1.54, 1.807) is 24.3 Å². The quantitative estimate of drug-likeness (QED) is 0.685. The smallest absolute Gasteiger partial charge is 0.326 e. The highest BCUT2D eigenvalue weighted by Gasteiger charge is 2.32. The minimum absolute atomic E-state index is 0.408. The highest BCUT2D eigenvalue weighted by atomic mass is 31.2. The van der Waals surface area contributed by atoms with Crippen molar-refractivity contribution < 1.29 is 9.46 Å². The van der Waals surface area contributed by atoms with Gasteiger partial charge in [-0.15, -0.1) is 0 Å². The zero-order chi connectivity index (χ0) is 17.2. The van der Waals surface area contributed by atoms with Crippen molar-refractivity contribution in [3.63, 3.8) is 0 Å². The topological polar surface area (TPSA) is 40.5 Å². The lowest BCUT2D eigenvalue weighted by molar-refractivity contribution is 0.490. The molecule has 3 aromatic carbocycles. The first kappa shape index (κ1) is 16.5. The normalized spacial score (nSPS) is 13.3. The van der Waals surface area contributed by atoms with Crippen LogP contribution in [0.1, 0.15) is 11.1 Å². The van der Waals surface area contributed by atoms with E-state index in [1.165, 1.54) is 4.67 Å². The summed E-state index contributed by atoms with van der Waals surface area (Å²) < 4.78 is 14.9. The number of benzene rings is 3. The Balaban J connectivity index is 2.16. The molecule has 0 aliphatic carbocycles. The number of hydrogen-bond acceptors (Lipinski definition) is 1. The summed E-state index contributed by atoms with van der Waals surface area (Å²) in [7, 11) is -3.80. The van der Waals surface area contributed by atoms with Gasteiger partial charge in [0.25, 0.3) is 0 Å². The molecule has 0 saturated heterocycles. The van der Waals surface area contributed by atoms with Crippen LogP contribution < -0.4 is 9.97 Å². The average Bonchev–Trinajstić information content (AvgIpc) is 2.59. The van der Waals surface area contributed by atoms with Crippen molar-refractivity contribution in [2.75, 3.05) is 4.67 Å². The summed E-state index contributed by atoms with van der Waals surface area (Å²) in [6.07, 6.45) is 0. The van der Waals surface area contributed by atoms with Crippen LogP contribution in [0.2, 0.25) is 0 Å². The Labute approximate surface area is 142 Å². The van der Waals surface area contributed by atoms with Crippen molar-refractivity contribution in [3.8, 4) is 0 Å². The summed E-state index contributed by atoms with van der Waals surface area (Å²) in [4.78, 5) is 11.0. The molecule has 0 bridgehead atoms. The maximum absolute atomic E-state index is 13.4. The van der Waals surface area contributed by atoms with Crippen LogP contribution in [-0.2, 0) is 4.57 Å². The van der Waals surface area contributed by atoms with Gasteiger partial charge in [-0.25, -0.2) is 0 Å². The van der Waals surface area contributed by atoms with E-state index in [9.17, 15) is 9.46 Å². The average molecular weight is 337 g/mol. The van der Waals surface area contributed by atoms with E-state index in [1.807, 2.05) is 68.4 Å². The summed E-state index contributed by atoms with van der Waals surface area (Å²) in [6, 6.07) is 24.1. The van der Waals surface area contributed by atoms with Gasteiger partial charge in [0.2, 0.25) is 0 Å². The van der Waals surface area contributed by atoms with Crippen LogP contribution in [0, 0.1) is 13.8 Å². The standard InChI is InChI=1S/C20H20NO2P/c1-16-8-12-18(13-9-16)21(19-14-10-17(2)11-15-19)24(22,23)20-6-4-3-5-7-20/h3-15H,1-2H3,(H,22,23). The van der Waals surface area contributed by atoms with Crippen molar-refractivity contribution >= 4 is 24.2 Å². The molecule has 3 rings (SSSR count). The van der Waals surface area contributed by atoms with Gasteiger partial charge < -0.3 is 4.89 Å². The zero-order valence-corrected chi connectivity index (χ0v) is 14.6. The SMILES string of the molecule is Cc1ccc(N(c2ccc(C)cc2)P(=O)(O)c2ccccc2)cc1. The van der Waals surface area contributed by atoms with Gasteiger partial charge in [-0.1, -0.05) is 53.6 Å². The second-order valence-corrected chi connectivity index (χ2v) is 7.87. The van der Waals surface area contributed by atoms with Gasteiger partial charge in [0.1, 0.15) is 0 Å². The summed E-state index contributed by atoms with van der Waals surface area (Å²) in [5.41, 5.74) is 3.60. The Morgan fingerprint density at radius 2 is 1.12 bits per heavy atom. The zero-order valence-electron chi connectivity index (χ0n) is 13.8. The molecule has 4 heteroatoms. The van der Waals surface area contributed by atoms with Crippen molar-refractivity contribution in [2.24, 2.45) is 0 Å². The second-order valence-electron chi connectivity index (χ2n) is 5.86. The molecule has 1 atom stereocenters. The molecule has 0 spiro atoms. The van der Waals surface area contributed by atoms with E-state index in [-0.39, 0.29) is 0 Å². The maximum atomic E-state index is 13.4. The summed E-state index contributed by atoms with van der Waals surface area (Å²) in [5, 5.41) is 0.408. The number of aryl methyl sites for hydroxylation is 2. The van der Waals surface area contributed by atoms with Crippen molar-refractivity contribution in [1.82, 2.24) is 0 Å². The van der Waals surface area contributed by atoms with E-state index >= 15 is 0 Å². The lowest BCUT2D eigenvalue weighted by atomic mass is 10.2. The third-order valence-corrected chi connectivity index (χ3v) is 5.90. The molecule has 1 unspecified atom stereocenters. The first-order valence-electron chi connectivity index (χ1n) is 7.81. The monoisotopic (exact) mass is 337 g/mol. The Morgan fingerprint density at radius 3 is 1.54 bits per heavy atom. The number of hydrogen-bond donors (Lipinski definition) is 1. The predicted octanol–water partition coefficient (Wildman–Crippen LogP) is 4.95. The van der Waals surface area contributed by atoms with Crippen LogP contribution >= 0.6 is 7.52 Å². The molecule has 0 fully saturated rings. The fraction of sp³-hybridized carbons (Fsp3) is 0.100. The lowest BCUT2D eigenvalue weighted by Crippen LogP contribution is -2.21. The highest BCUT2D eigenvalue weighted by molar-refractivity contribution is 7.68. The van der Waals surface area contributed by atoms with Crippen LogP contribution in [0.15, 0.2) is 78.9 Å². The number of anilines is 2. The van der Waals surface area contributed by atoms with E-state index in [2.05, 4.69) is 0 Å². The Kier molecular flexibility index (Phi) is 4.57. The van der Waals surface area contributed by atoms with Crippen molar-refractivity contribution in [2.45, 2.75) is 13.8 Å². The molecule has 0 saturated carbocycles. The molecule has 3 aromatic rings. The third-order valence-electron chi connectivity index (χ3n) is 3.92. The fourth-order valence-corrected chi connectivity index (χ4v) is 4.26. The van der Waals surface area contributed by atoms with Crippen molar-refractivity contribution in [3.05, 3.63) is 90.0 Å². The molecule has 0 aromatic heterocycles. The molecule has 0 radical (unpaired) electrons. The van der Waals surface area contributed by atoms with Gasteiger partial charge in [-0.2, -0.15) is 0 Å². The molecule has 0 heterocycles. The van der Waals surface area contributed by atoms with Crippen LogP contribution in [-0.4, -0.2) is 4.89 Å². The second kappa shape index (κ2) is 6.64. The van der Waals surface area contributed by atoms with E-state index in [4.69, 9.17) is 0 Å². The van der Waals surface area contributed by atoms with Crippen LogP contribution in [0.4, 0.5) is 11.4 Å². The third kappa shape index (κ3) is 3.28. The Bertz CT molecular complexity index is 813. The fourth-order valence-electron chi connectivity index (χ4n) is 2.57. The van der Waals surface area contributed by atoms with Crippen molar-refractivity contribution in [1.29, 1.82) is 0 Å². The number of nitrogens with zero attached hydrogens (tertiary/aromatic N) is 1. The summed E-state index contributed by atoms with van der Waals surface area (Å²) in [5.74, 6) is 0. The predicted molar refractivity (Wildman–Crippen MR) is 100 cm³/mol. The van der Waals surface area contributed by atoms with Gasteiger partial charge in [-0.3, -0.25) is 9.24 Å². The maximum Gasteiger partial charge on any atom is 0.328 e. The molecule has 122 valence electrons. The molecule has 0 aliphatic heterocycles. The number of rotatable bonds is 4.